The summed E-state index contributed by atoms with van der Waals surface area (Å²) in [6.07, 6.45) is -1.61. The Labute approximate surface area is 137 Å². The van der Waals surface area contributed by atoms with Crippen molar-refractivity contribution in [2.75, 3.05) is 11.9 Å². The lowest BCUT2D eigenvalue weighted by atomic mass is 10.1. The van der Waals surface area contributed by atoms with E-state index in [1.807, 2.05) is 13.0 Å². The Hall–Kier alpha value is -2.80. The number of aryl methyl sites for hydroxylation is 1. The lowest BCUT2D eigenvalue weighted by Crippen LogP contribution is -2.37. The molecule has 0 aliphatic carbocycles. The lowest BCUT2D eigenvalue weighted by molar-refractivity contribution is -0.136. The molecule has 0 radical (unpaired) electrons. The molecule has 0 saturated heterocycles. The highest BCUT2D eigenvalue weighted by Crippen LogP contribution is 2.19. The number of nitrogens with one attached hydrogen (secondary N) is 2. The third-order valence-corrected chi connectivity index (χ3v) is 3.27. The SMILES string of the molecule is Cc1cccc(NC(=O)C(=O)NCC(O)c2c(F)cccc2F)c1. The van der Waals surface area contributed by atoms with Crippen LogP contribution in [0.5, 0.6) is 0 Å². The smallest absolute Gasteiger partial charge is 0.313 e. The van der Waals surface area contributed by atoms with Crippen LogP contribution < -0.4 is 10.6 Å². The van der Waals surface area contributed by atoms with E-state index in [1.54, 1.807) is 18.2 Å². The number of aliphatic hydroxyl groups is 1. The molecule has 0 aliphatic rings. The van der Waals surface area contributed by atoms with Crippen LogP contribution in [-0.4, -0.2) is 23.5 Å². The predicted molar refractivity (Wildman–Crippen MR) is 84.1 cm³/mol. The second-order valence-electron chi connectivity index (χ2n) is 5.18. The van der Waals surface area contributed by atoms with Crippen molar-refractivity contribution in [2.24, 2.45) is 0 Å². The first-order valence-corrected chi connectivity index (χ1v) is 7.16. The first-order valence-electron chi connectivity index (χ1n) is 7.16. The lowest BCUT2D eigenvalue weighted by Gasteiger charge is -2.13. The van der Waals surface area contributed by atoms with Gasteiger partial charge in [-0.3, -0.25) is 9.59 Å². The van der Waals surface area contributed by atoms with Crippen molar-refractivity contribution in [1.82, 2.24) is 5.32 Å². The van der Waals surface area contributed by atoms with Gasteiger partial charge < -0.3 is 15.7 Å². The number of anilines is 1. The average Bonchev–Trinajstić information content (AvgIpc) is 2.52. The van der Waals surface area contributed by atoms with Crippen molar-refractivity contribution in [3.8, 4) is 0 Å². The summed E-state index contributed by atoms with van der Waals surface area (Å²) in [5.41, 5.74) is 0.784. The highest BCUT2D eigenvalue weighted by molar-refractivity contribution is 6.39. The Kier molecular flexibility index (Phi) is 5.59. The normalized spacial score (nSPS) is 11.7. The molecular weight excluding hydrogens is 318 g/mol. The maximum absolute atomic E-state index is 13.5. The molecule has 2 rings (SSSR count). The Bertz CT molecular complexity index is 745. The minimum atomic E-state index is -1.61. The Balaban J connectivity index is 1.94. The monoisotopic (exact) mass is 334 g/mol. The molecule has 0 spiro atoms. The molecule has 3 N–H and O–H groups in total. The fourth-order valence-electron chi connectivity index (χ4n) is 2.11. The number of halogens is 2. The largest absolute Gasteiger partial charge is 0.386 e. The van der Waals surface area contributed by atoms with E-state index in [2.05, 4.69) is 10.6 Å². The van der Waals surface area contributed by atoms with Gasteiger partial charge >= 0.3 is 11.8 Å². The van der Waals surface area contributed by atoms with E-state index < -0.39 is 41.7 Å². The zero-order valence-electron chi connectivity index (χ0n) is 12.8. The van der Waals surface area contributed by atoms with Gasteiger partial charge in [-0.15, -0.1) is 0 Å². The van der Waals surface area contributed by atoms with Crippen LogP contribution in [-0.2, 0) is 9.59 Å². The third kappa shape index (κ3) is 4.36. The standard InChI is InChI=1S/C17H16F2N2O3/c1-10-4-2-5-11(8-10)21-17(24)16(23)20-9-14(22)15-12(18)6-3-7-13(15)19/h2-8,14,22H,9H2,1H3,(H,20,23)(H,21,24). The van der Waals surface area contributed by atoms with Crippen molar-refractivity contribution < 1.29 is 23.5 Å². The molecule has 0 heterocycles. The molecule has 0 aliphatic heterocycles. The Morgan fingerprint density at radius 1 is 1.08 bits per heavy atom. The van der Waals surface area contributed by atoms with Crippen molar-refractivity contribution in [1.29, 1.82) is 0 Å². The molecular formula is C17H16F2N2O3. The van der Waals surface area contributed by atoms with Crippen LogP contribution in [0.15, 0.2) is 42.5 Å². The number of rotatable bonds is 4. The van der Waals surface area contributed by atoms with E-state index >= 15 is 0 Å². The summed E-state index contributed by atoms with van der Waals surface area (Å²) in [6, 6.07) is 9.98. The molecule has 5 nitrogen and oxygen atoms in total. The number of aliphatic hydroxyl groups excluding tert-OH is 1. The molecule has 126 valence electrons. The third-order valence-electron chi connectivity index (χ3n) is 3.27. The van der Waals surface area contributed by atoms with Gasteiger partial charge in [0.25, 0.3) is 0 Å². The van der Waals surface area contributed by atoms with Crippen molar-refractivity contribution in [3.05, 3.63) is 65.2 Å². The Morgan fingerprint density at radius 2 is 1.71 bits per heavy atom. The van der Waals surface area contributed by atoms with E-state index in [1.165, 1.54) is 0 Å². The predicted octanol–water partition coefficient (Wildman–Crippen LogP) is 2.06. The topological polar surface area (TPSA) is 78.4 Å². The van der Waals surface area contributed by atoms with Crippen LogP contribution in [0.25, 0.3) is 0 Å². The van der Waals surface area contributed by atoms with Crippen LogP contribution >= 0.6 is 0 Å². The minimum absolute atomic E-state index is 0.441. The van der Waals surface area contributed by atoms with Gasteiger partial charge in [-0.25, -0.2) is 8.78 Å². The fourth-order valence-corrected chi connectivity index (χ4v) is 2.11. The molecule has 0 fully saturated rings. The van der Waals surface area contributed by atoms with Gasteiger partial charge in [0.1, 0.15) is 17.7 Å². The van der Waals surface area contributed by atoms with E-state index in [0.717, 1.165) is 23.8 Å². The van der Waals surface area contributed by atoms with Gasteiger partial charge in [0, 0.05) is 12.2 Å². The van der Waals surface area contributed by atoms with Crippen LogP contribution in [0.2, 0.25) is 0 Å². The maximum atomic E-state index is 13.5. The van der Waals surface area contributed by atoms with Crippen molar-refractivity contribution in [2.45, 2.75) is 13.0 Å². The van der Waals surface area contributed by atoms with Gasteiger partial charge in [0.2, 0.25) is 0 Å². The van der Waals surface area contributed by atoms with Crippen LogP contribution in [0.3, 0.4) is 0 Å². The summed E-state index contributed by atoms with van der Waals surface area (Å²) in [4.78, 5) is 23.5. The molecule has 24 heavy (non-hydrogen) atoms. The number of amides is 2. The van der Waals surface area contributed by atoms with Gasteiger partial charge in [-0.1, -0.05) is 18.2 Å². The summed E-state index contributed by atoms with van der Waals surface area (Å²) >= 11 is 0. The molecule has 2 amide bonds. The van der Waals surface area contributed by atoms with E-state index in [9.17, 15) is 23.5 Å². The molecule has 0 aromatic heterocycles. The zero-order chi connectivity index (χ0) is 17.7. The summed E-state index contributed by atoms with van der Waals surface area (Å²) in [6.45, 7) is 1.33. The highest BCUT2D eigenvalue weighted by atomic mass is 19.1. The molecule has 0 saturated carbocycles. The Morgan fingerprint density at radius 3 is 2.33 bits per heavy atom. The van der Waals surface area contributed by atoms with Gasteiger partial charge in [-0.2, -0.15) is 0 Å². The average molecular weight is 334 g/mol. The van der Waals surface area contributed by atoms with E-state index in [4.69, 9.17) is 0 Å². The van der Waals surface area contributed by atoms with Gasteiger partial charge in [0.15, 0.2) is 0 Å². The molecule has 0 bridgehead atoms. The van der Waals surface area contributed by atoms with Crippen LogP contribution in [0.4, 0.5) is 14.5 Å². The first kappa shape index (κ1) is 17.6. The fraction of sp³-hybridized carbons (Fsp3) is 0.176. The number of hydrogen-bond donors (Lipinski definition) is 3. The maximum Gasteiger partial charge on any atom is 0.313 e. The number of benzene rings is 2. The zero-order valence-corrected chi connectivity index (χ0v) is 12.8. The quantitative estimate of drug-likeness (QED) is 0.749. The number of hydrogen-bond acceptors (Lipinski definition) is 3. The number of carbonyl (C=O) groups excluding carboxylic acids is 2. The van der Waals surface area contributed by atoms with Gasteiger partial charge in [0.05, 0.1) is 5.56 Å². The molecule has 7 heteroatoms. The molecule has 2 aromatic rings. The van der Waals surface area contributed by atoms with Crippen molar-refractivity contribution in [3.63, 3.8) is 0 Å². The molecule has 1 unspecified atom stereocenters. The minimum Gasteiger partial charge on any atom is -0.386 e. The second kappa shape index (κ2) is 7.65. The summed E-state index contributed by atoms with van der Waals surface area (Å²) in [7, 11) is 0. The van der Waals surface area contributed by atoms with E-state index in [0.29, 0.717) is 5.69 Å². The summed E-state index contributed by atoms with van der Waals surface area (Å²) < 4.78 is 27.0. The van der Waals surface area contributed by atoms with Crippen LogP contribution in [0, 0.1) is 18.6 Å². The summed E-state index contributed by atoms with van der Waals surface area (Å²) in [5, 5.41) is 14.3. The van der Waals surface area contributed by atoms with Gasteiger partial charge in [-0.05, 0) is 36.8 Å². The second-order valence-corrected chi connectivity index (χ2v) is 5.18. The van der Waals surface area contributed by atoms with Crippen LogP contribution in [0.1, 0.15) is 17.2 Å². The summed E-state index contributed by atoms with van der Waals surface area (Å²) in [5.74, 6) is -3.82. The molecule has 2 aromatic carbocycles. The van der Waals surface area contributed by atoms with E-state index in [-0.39, 0.29) is 0 Å². The first-order chi connectivity index (χ1) is 11.4. The van der Waals surface area contributed by atoms with Crippen molar-refractivity contribution >= 4 is 17.5 Å². The highest BCUT2D eigenvalue weighted by Gasteiger charge is 2.20. The number of carbonyl (C=O) groups is 2. The molecule has 1 atom stereocenters.